The maximum atomic E-state index is 14.0. The molecule has 0 radical (unpaired) electrons. The number of fused-ring (bicyclic) bond motifs is 1. The van der Waals surface area contributed by atoms with Crippen molar-refractivity contribution in [3.63, 3.8) is 0 Å². The van der Waals surface area contributed by atoms with Crippen molar-refractivity contribution < 1.29 is 24.2 Å². The van der Waals surface area contributed by atoms with E-state index in [2.05, 4.69) is 0 Å². The largest absolute Gasteiger partial charge is 0.489 e. The minimum atomic E-state index is -1.06. The second-order valence-corrected chi connectivity index (χ2v) is 9.94. The maximum absolute atomic E-state index is 14.0. The standard InChI is InChI=1S/C33H30N4O5/c34-32(35)25-13-11-22(12-14-25)21-42-26-15-16-28-27(19-26)33(41)36(18-17-30(39)40)20-29(38)37(28)31(23-7-3-1-4-8-23)24-9-5-2-6-10-24/h1-16,19,31H,17-18,20-21H2,(H3,34,35)(H,39,40). The molecule has 0 spiro atoms. The molecular formula is C33H30N4O5. The van der Waals surface area contributed by atoms with Crippen LogP contribution < -0.4 is 15.4 Å². The van der Waals surface area contributed by atoms with E-state index in [1.54, 1.807) is 35.2 Å². The van der Waals surface area contributed by atoms with Gasteiger partial charge in [0.05, 0.1) is 23.7 Å². The van der Waals surface area contributed by atoms with Crippen LogP contribution in [0.4, 0.5) is 5.69 Å². The summed E-state index contributed by atoms with van der Waals surface area (Å²) in [5.41, 5.74) is 9.37. The number of ether oxygens (including phenoxy) is 1. The van der Waals surface area contributed by atoms with E-state index < -0.39 is 17.9 Å². The Balaban J connectivity index is 1.55. The maximum Gasteiger partial charge on any atom is 0.305 e. The first-order valence-electron chi connectivity index (χ1n) is 13.4. The lowest BCUT2D eigenvalue weighted by atomic mass is 9.95. The van der Waals surface area contributed by atoms with Gasteiger partial charge < -0.3 is 20.5 Å². The fourth-order valence-corrected chi connectivity index (χ4v) is 5.00. The minimum Gasteiger partial charge on any atom is -0.489 e. The number of nitrogen functional groups attached to an aromatic ring is 1. The number of amidine groups is 1. The molecule has 4 N–H and O–H groups in total. The van der Waals surface area contributed by atoms with Crippen LogP contribution in [0, 0.1) is 5.41 Å². The summed E-state index contributed by atoms with van der Waals surface area (Å²) in [5, 5.41) is 16.9. The van der Waals surface area contributed by atoms with E-state index in [9.17, 15) is 19.5 Å². The van der Waals surface area contributed by atoms with Crippen molar-refractivity contribution in [1.29, 1.82) is 5.41 Å². The lowest BCUT2D eigenvalue weighted by molar-refractivity contribution is -0.137. The number of carbonyl (C=O) groups excluding carboxylic acids is 2. The van der Waals surface area contributed by atoms with Crippen molar-refractivity contribution in [3.8, 4) is 5.75 Å². The van der Waals surface area contributed by atoms with Crippen LogP contribution in [0.2, 0.25) is 0 Å². The number of benzene rings is 4. The molecule has 0 bridgehead atoms. The van der Waals surface area contributed by atoms with Gasteiger partial charge in [0.1, 0.15) is 24.7 Å². The number of rotatable bonds is 10. The van der Waals surface area contributed by atoms with Crippen LogP contribution >= 0.6 is 0 Å². The van der Waals surface area contributed by atoms with E-state index >= 15 is 0 Å². The van der Waals surface area contributed by atoms with Gasteiger partial charge in [-0.05, 0) is 34.9 Å². The third-order valence-electron chi connectivity index (χ3n) is 7.09. The molecule has 9 nitrogen and oxygen atoms in total. The fraction of sp³-hybridized carbons (Fsp3) is 0.152. The van der Waals surface area contributed by atoms with Crippen LogP contribution in [0.5, 0.6) is 5.75 Å². The van der Waals surface area contributed by atoms with Gasteiger partial charge in [-0.25, -0.2) is 0 Å². The Morgan fingerprint density at radius 1 is 0.905 bits per heavy atom. The van der Waals surface area contributed by atoms with Crippen molar-refractivity contribution in [2.45, 2.75) is 19.1 Å². The van der Waals surface area contributed by atoms with Crippen molar-refractivity contribution in [1.82, 2.24) is 4.90 Å². The first-order valence-corrected chi connectivity index (χ1v) is 13.4. The Morgan fingerprint density at radius 3 is 2.10 bits per heavy atom. The number of hydrogen-bond acceptors (Lipinski definition) is 5. The number of nitrogens with two attached hydrogens (primary N) is 1. The Kier molecular flexibility index (Phi) is 8.29. The number of aliphatic carboxylic acids is 1. The average Bonchev–Trinajstić information content (AvgIpc) is 3.10. The van der Waals surface area contributed by atoms with Crippen LogP contribution in [-0.4, -0.2) is 46.7 Å². The molecule has 5 rings (SSSR count). The predicted molar refractivity (Wildman–Crippen MR) is 159 cm³/mol. The normalized spacial score (nSPS) is 13.1. The first-order chi connectivity index (χ1) is 20.3. The zero-order valence-corrected chi connectivity index (χ0v) is 22.8. The smallest absolute Gasteiger partial charge is 0.305 e. The molecule has 42 heavy (non-hydrogen) atoms. The molecule has 0 aliphatic carbocycles. The highest BCUT2D eigenvalue weighted by Crippen LogP contribution is 2.38. The van der Waals surface area contributed by atoms with Gasteiger partial charge in [0.15, 0.2) is 0 Å². The van der Waals surface area contributed by atoms with Gasteiger partial charge in [-0.3, -0.25) is 24.7 Å². The summed E-state index contributed by atoms with van der Waals surface area (Å²) < 4.78 is 6.02. The van der Waals surface area contributed by atoms with Gasteiger partial charge in [0.25, 0.3) is 5.91 Å². The molecule has 2 amide bonds. The number of amides is 2. The molecule has 9 heteroatoms. The van der Waals surface area contributed by atoms with Crippen LogP contribution in [0.25, 0.3) is 0 Å². The van der Waals surface area contributed by atoms with Gasteiger partial charge >= 0.3 is 5.97 Å². The first kappa shape index (κ1) is 28.1. The summed E-state index contributed by atoms with van der Waals surface area (Å²) in [6, 6.07) is 30.8. The monoisotopic (exact) mass is 562 g/mol. The minimum absolute atomic E-state index is 0.0254. The van der Waals surface area contributed by atoms with Crippen molar-refractivity contribution in [3.05, 3.63) is 131 Å². The molecule has 4 aromatic rings. The number of anilines is 1. The molecule has 0 saturated heterocycles. The number of nitrogens with one attached hydrogen (secondary N) is 1. The van der Waals surface area contributed by atoms with Gasteiger partial charge in [0.2, 0.25) is 5.91 Å². The topological polar surface area (TPSA) is 137 Å². The molecule has 0 unspecified atom stereocenters. The molecular weight excluding hydrogens is 532 g/mol. The Hall–Kier alpha value is -5.44. The lowest BCUT2D eigenvalue weighted by Gasteiger charge is -2.33. The lowest BCUT2D eigenvalue weighted by Crippen LogP contribution is -2.42. The van der Waals surface area contributed by atoms with Crippen molar-refractivity contribution in [2.75, 3.05) is 18.0 Å². The molecule has 1 aliphatic rings. The highest BCUT2D eigenvalue weighted by molar-refractivity contribution is 6.10. The number of carboxylic acids is 1. The molecule has 1 aliphatic heterocycles. The summed E-state index contributed by atoms with van der Waals surface area (Å²) >= 11 is 0. The predicted octanol–water partition coefficient (Wildman–Crippen LogP) is 4.60. The highest BCUT2D eigenvalue weighted by atomic mass is 16.5. The molecule has 1 heterocycles. The van der Waals surface area contributed by atoms with E-state index in [0.29, 0.717) is 17.0 Å². The number of hydrogen-bond donors (Lipinski definition) is 3. The zero-order valence-electron chi connectivity index (χ0n) is 22.8. The summed E-state index contributed by atoms with van der Waals surface area (Å²) in [4.78, 5) is 42.1. The number of nitrogens with zero attached hydrogens (tertiary/aromatic N) is 2. The number of carboxylic acid groups (broad SMARTS) is 1. The van der Waals surface area contributed by atoms with E-state index in [1.165, 1.54) is 4.90 Å². The van der Waals surface area contributed by atoms with Gasteiger partial charge in [-0.1, -0.05) is 84.9 Å². The van der Waals surface area contributed by atoms with E-state index in [0.717, 1.165) is 16.7 Å². The van der Waals surface area contributed by atoms with Crippen LogP contribution in [0.15, 0.2) is 103 Å². The van der Waals surface area contributed by atoms with Crippen LogP contribution in [-0.2, 0) is 16.2 Å². The molecule has 212 valence electrons. The fourth-order valence-electron chi connectivity index (χ4n) is 5.00. The molecule has 0 saturated carbocycles. The zero-order chi connectivity index (χ0) is 29.6. The van der Waals surface area contributed by atoms with Gasteiger partial charge in [-0.15, -0.1) is 0 Å². The number of carbonyl (C=O) groups is 3. The molecule has 0 fully saturated rings. The second kappa shape index (κ2) is 12.4. The third-order valence-corrected chi connectivity index (χ3v) is 7.09. The SMILES string of the molecule is N=C(N)c1ccc(COc2ccc3c(c2)C(=O)N(CCC(=O)O)CC(=O)N3C(c2ccccc2)c2ccccc2)cc1. The summed E-state index contributed by atoms with van der Waals surface area (Å²) in [6.45, 7) is -0.176. The van der Waals surface area contributed by atoms with Gasteiger partial charge in [-0.2, -0.15) is 0 Å². The second-order valence-electron chi connectivity index (χ2n) is 9.94. The summed E-state index contributed by atoms with van der Waals surface area (Å²) in [6.07, 6.45) is -0.290. The Morgan fingerprint density at radius 2 is 1.52 bits per heavy atom. The molecule has 0 aromatic heterocycles. The summed E-state index contributed by atoms with van der Waals surface area (Å²) in [5.74, 6) is -1.44. The molecule has 0 atom stereocenters. The van der Waals surface area contributed by atoms with E-state index in [-0.39, 0.29) is 43.4 Å². The Bertz CT molecular complexity index is 1570. The van der Waals surface area contributed by atoms with Crippen LogP contribution in [0.3, 0.4) is 0 Å². The quantitative estimate of drug-likeness (QED) is 0.191. The average molecular weight is 563 g/mol. The summed E-state index contributed by atoms with van der Waals surface area (Å²) in [7, 11) is 0. The van der Waals surface area contributed by atoms with Crippen molar-refractivity contribution in [2.24, 2.45) is 5.73 Å². The van der Waals surface area contributed by atoms with Crippen LogP contribution in [0.1, 0.15) is 45.1 Å². The third kappa shape index (κ3) is 6.15. The molecule has 4 aromatic carbocycles. The highest BCUT2D eigenvalue weighted by Gasteiger charge is 2.37. The Labute approximate surface area is 243 Å². The van der Waals surface area contributed by atoms with E-state index in [1.807, 2.05) is 72.8 Å². The van der Waals surface area contributed by atoms with E-state index in [4.69, 9.17) is 15.9 Å². The van der Waals surface area contributed by atoms with Crippen molar-refractivity contribution >= 4 is 29.3 Å². The van der Waals surface area contributed by atoms with Gasteiger partial charge in [0, 0.05) is 12.1 Å².